The SMILES string of the molecule is CC(C)n1c(=O)n(-c2cccc(OC(F)F)c2)c2ccc(C(=O)O)c(C#N)c21.[H-].[Li+]. The van der Waals surface area contributed by atoms with Crippen LogP contribution in [0, 0.1) is 11.3 Å². The van der Waals surface area contributed by atoms with Crippen molar-refractivity contribution in [3.8, 4) is 17.5 Å². The number of carbonyl (C=O) groups is 1. The van der Waals surface area contributed by atoms with Crippen molar-refractivity contribution in [2.75, 3.05) is 0 Å². The van der Waals surface area contributed by atoms with Gasteiger partial charge in [-0.25, -0.2) is 9.59 Å². The maximum Gasteiger partial charge on any atom is 1.00 e. The van der Waals surface area contributed by atoms with Crippen LogP contribution in [-0.4, -0.2) is 26.8 Å². The summed E-state index contributed by atoms with van der Waals surface area (Å²) in [5.41, 5.74) is -0.194. The van der Waals surface area contributed by atoms with E-state index < -0.39 is 18.3 Å². The van der Waals surface area contributed by atoms with Gasteiger partial charge in [0.15, 0.2) is 0 Å². The molecule has 29 heavy (non-hydrogen) atoms. The molecule has 1 heterocycles. The van der Waals surface area contributed by atoms with Crippen LogP contribution in [0.2, 0.25) is 0 Å². The molecule has 0 unspecified atom stereocenters. The largest absolute Gasteiger partial charge is 1.00 e. The second kappa shape index (κ2) is 8.52. The number of benzene rings is 2. The zero-order chi connectivity index (χ0) is 20.6. The molecule has 0 fully saturated rings. The third-order valence-corrected chi connectivity index (χ3v) is 4.20. The molecule has 146 valence electrons. The summed E-state index contributed by atoms with van der Waals surface area (Å²) < 4.78 is 32.0. The van der Waals surface area contributed by atoms with Gasteiger partial charge in [-0.1, -0.05) is 6.07 Å². The Labute approximate surface area is 177 Å². The smallest absolute Gasteiger partial charge is 1.00 e. The Bertz CT molecular complexity index is 1180. The molecule has 1 aromatic heterocycles. The van der Waals surface area contributed by atoms with Crippen LogP contribution in [0.25, 0.3) is 16.7 Å². The zero-order valence-corrected chi connectivity index (χ0v) is 15.9. The minimum absolute atomic E-state index is 0. The number of carboxylic acid groups (broad SMARTS) is 1. The van der Waals surface area contributed by atoms with E-state index in [1.807, 2.05) is 6.07 Å². The van der Waals surface area contributed by atoms with E-state index in [4.69, 9.17) is 0 Å². The van der Waals surface area contributed by atoms with Gasteiger partial charge in [0.25, 0.3) is 0 Å². The molecule has 1 N–H and O–H groups in total. The van der Waals surface area contributed by atoms with Gasteiger partial charge in [0.2, 0.25) is 0 Å². The molecule has 3 aromatic rings. The molecule has 0 saturated heterocycles. The van der Waals surface area contributed by atoms with Crippen molar-refractivity contribution in [3.63, 3.8) is 0 Å². The van der Waals surface area contributed by atoms with Crippen LogP contribution >= 0.6 is 0 Å². The monoisotopic (exact) mass is 395 g/mol. The summed E-state index contributed by atoms with van der Waals surface area (Å²) in [5, 5.41) is 18.9. The van der Waals surface area contributed by atoms with Gasteiger partial charge in [-0.15, -0.1) is 0 Å². The Hall–Kier alpha value is -3.07. The van der Waals surface area contributed by atoms with Gasteiger partial charge in [-0.2, -0.15) is 14.0 Å². The van der Waals surface area contributed by atoms with Crippen LogP contribution in [0.1, 0.15) is 37.2 Å². The Morgan fingerprint density at radius 3 is 2.52 bits per heavy atom. The van der Waals surface area contributed by atoms with Gasteiger partial charge in [-0.3, -0.25) is 9.13 Å². The molecule has 10 heteroatoms. The van der Waals surface area contributed by atoms with E-state index in [1.54, 1.807) is 13.8 Å². The summed E-state index contributed by atoms with van der Waals surface area (Å²) >= 11 is 0. The van der Waals surface area contributed by atoms with Gasteiger partial charge >= 0.3 is 37.1 Å². The van der Waals surface area contributed by atoms with Crippen LogP contribution in [-0.2, 0) is 0 Å². The van der Waals surface area contributed by atoms with Crippen molar-refractivity contribution in [2.45, 2.75) is 26.5 Å². The average molecular weight is 395 g/mol. The molecule has 0 aliphatic carbocycles. The Balaban J connectivity index is 0.00000225. The normalized spacial score (nSPS) is 10.8. The first-order chi connectivity index (χ1) is 13.3. The molecule has 0 bridgehead atoms. The first-order valence-electron chi connectivity index (χ1n) is 8.24. The van der Waals surface area contributed by atoms with Crippen LogP contribution in [0.15, 0.2) is 41.2 Å². The Kier molecular flexibility index (Phi) is 6.53. The Morgan fingerprint density at radius 2 is 1.97 bits per heavy atom. The number of hydrogen-bond acceptors (Lipinski definition) is 4. The number of aromatic nitrogens is 2. The van der Waals surface area contributed by atoms with E-state index in [0.717, 1.165) is 0 Å². The van der Waals surface area contributed by atoms with Crippen molar-refractivity contribution >= 4 is 17.0 Å². The van der Waals surface area contributed by atoms with E-state index in [-0.39, 0.29) is 59.9 Å². The second-order valence-corrected chi connectivity index (χ2v) is 6.23. The molecule has 0 radical (unpaired) electrons. The number of fused-ring (bicyclic) bond motifs is 1. The number of halogens is 2. The van der Waals surface area contributed by atoms with Crippen molar-refractivity contribution in [1.82, 2.24) is 9.13 Å². The summed E-state index contributed by atoms with van der Waals surface area (Å²) in [6.07, 6.45) is 0. The number of rotatable bonds is 5. The standard InChI is InChI=1S/C19H15F2N3O4.Li.H/c1-10(2)23-16-14(9-22)13(17(25)26)6-7-15(16)24(19(23)27)11-4-3-5-12(8-11)28-18(20)21;;/h3-8,10,18H,1-2H3,(H,25,26);;/q;+1;-1. The molecule has 0 aliphatic rings. The number of ether oxygens (including phenoxy) is 1. The third-order valence-electron chi connectivity index (χ3n) is 4.20. The van der Waals surface area contributed by atoms with Gasteiger partial charge in [0, 0.05) is 12.1 Å². The third kappa shape index (κ3) is 3.90. The summed E-state index contributed by atoms with van der Waals surface area (Å²) in [5.74, 6) is -1.42. The molecule has 0 saturated carbocycles. The average Bonchev–Trinajstić information content (AvgIpc) is 2.92. The molecule has 0 atom stereocenters. The summed E-state index contributed by atoms with van der Waals surface area (Å²) in [6.45, 7) is 0.416. The van der Waals surface area contributed by atoms with E-state index in [1.165, 1.54) is 45.5 Å². The van der Waals surface area contributed by atoms with E-state index in [9.17, 15) is 28.7 Å². The first kappa shape index (κ1) is 22.2. The molecular weight excluding hydrogens is 379 g/mol. The maximum atomic E-state index is 13.1. The van der Waals surface area contributed by atoms with Gasteiger partial charge in [-0.05, 0) is 38.1 Å². The molecular formula is C19H16F2LiN3O4. The molecule has 2 aromatic carbocycles. The van der Waals surface area contributed by atoms with Crippen molar-refractivity contribution in [1.29, 1.82) is 5.26 Å². The van der Waals surface area contributed by atoms with Crippen LogP contribution in [0.4, 0.5) is 8.78 Å². The van der Waals surface area contributed by atoms with E-state index in [2.05, 4.69) is 4.74 Å². The predicted octanol–water partition coefficient (Wildman–Crippen LogP) is 0.661. The molecule has 0 aliphatic heterocycles. The summed E-state index contributed by atoms with van der Waals surface area (Å²) in [4.78, 5) is 24.6. The van der Waals surface area contributed by atoms with Crippen molar-refractivity contribution in [2.24, 2.45) is 0 Å². The topological polar surface area (TPSA) is 97.2 Å². The number of aromatic carboxylic acids is 1. The minimum atomic E-state index is -3.02. The maximum absolute atomic E-state index is 13.1. The van der Waals surface area contributed by atoms with Crippen LogP contribution in [0.5, 0.6) is 5.75 Å². The number of carboxylic acids is 1. The molecule has 3 rings (SSSR count). The van der Waals surface area contributed by atoms with E-state index >= 15 is 0 Å². The summed E-state index contributed by atoms with van der Waals surface area (Å²) in [7, 11) is 0. The molecule has 0 spiro atoms. The van der Waals surface area contributed by atoms with Crippen LogP contribution in [0.3, 0.4) is 0 Å². The van der Waals surface area contributed by atoms with Crippen LogP contribution < -0.4 is 29.3 Å². The number of nitriles is 1. The fourth-order valence-corrected chi connectivity index (χ4v) is 3.13. The fraction of sp³-hybridized carbons (Fsp3) is 0.211. The van der Waals surface area contributed by atoms with Gasteiger partial charge < -0.3 is 11.3 Å². The second-order valence-electron chi connectivity index (χ2n) is 6.23. The number of hydrogen-bond donors (Lipinski definition) is 1. The summed E-state index contributed by atoms with van der Waals surface area (Å²) in [6, 6.07) is 9.72. The Morgan fingerprint density at radius 1 is 1.28 bits per heavy atom. The van der Waals surface area contributed by atoms with Crippen molar-refractivity contribution in [3.05, 3.63) is 58.0 Å². The quantitative estimate of drug-likeness (QED) is 0.641. The number of imidazole rings is 1. The molecule has 7 nitrogen and oxygen atoms in total. The van der Waals surface area contributed by atoms with Gasteiger partial charge in [0.05, 0.1) is 27.8 Å². The number of alkyl halides is 2. The van der Waals surface area contributed by atoms with Gasteiger partial charge in [0.1, 0.15) is 11.8 Å². The molecule has 0 amide bonds. The minimum Gasteiger partial charge on any atom is -1.00 e. The van der Waals surface area contributed by atoms with Crippen molar-refractivity contribution < 1.29 is 43.7 Å². The van der Waals surface area contributed by atoms with E-state index in [0.29, 0.717) is 0 Å². The fourth-order valence-electron chi connectivity index (χ4n) is 3.13. The zero-order valence-electron chi connectivity index (χ0n) is 16.9. The predicted molar refractivity (Wildman–Crippen MR) is 97.3 cm³/mol. The number of nitrogens with zero attached hydrogens (tertiary/aromatic N) is 3. The first-order valence-corrected chi connectivity index (χ1v) is 8.24.